The molecule has 62 valence electrons. The Kier molecular flexibility index (Phi) is 1.81. The van der Waals surface area contributed by atoms with Gasteiger partial charge in [0.1, 0.15) is 5.76 Å². The molecule has 1 nitrogen and oxygen atoms in total. The minimum absolute atomic E-state index is 0.456. The van der Waals surface area contributed by atoms with Gasteiger partial charge in [-0.3, -0.25) is 0 Å². The lowest BCUT2D eigenvalue weighted by atomic mass is 9.99. The van der Waals surface area contributed by atoms with Gasteiger partial charge in [0.25, 0.3) is 0 Å². The Labute approximate surface area is 76.7 Å². The van der Waals surface area contributed by atoms with Crippen LogP contribution in [0.15, 0.2) is 46.4 Å². The molecule has 0 aromatic heterocycles. The summed E-state index contributed by atoms with van der Waals surface area (Å²) in [4.78, 5) is 0. The quantitative estimate of drug-likeness (QED) is 0.556. The predicted octanol–water partition coefficient (Wildman–Crippen LogP) is 3.26. The second-order valence-corrected chi connectivity index (χ2v) is 3.25. The Morgan fingerprint density at radius 2 is 2.33 bits per heavy atom. The molecule has 0 aromatic rings. The van der Waals surface area contributed by atoms with Crippen molar-refractivity contribution in [3.05, 3.63) is 46.4 Å². The van der Waals surface area contributed by atoms with Crippen molar-refractivity contribution in [2.75, 3.05) is 0 Å². The summed E-state index contributed by atoms with van der Waals surface area (Å²) >= 11 is 5.77. The molecule has 0 amide bonds. The number of hydrogen-bond acceptors (Lipinski definition) is 1. The monoisotopic (exact) mass is 180 g/mol. The van der Waals surface area contributed by atoms with Gasteiger partial charge in [0.15, 0.2) is 5.22 Å². The van der Waals surface area contributed by atoms with Crippen LogP contribution in [-0.4, -0.2) is 0 Å². The van der Waals surface area contributed by atoms with Crippen LogP contribution in [0.3, 0.4) is 0 Å². The SMILES string of the molecule is CC1=C2CC=CC=C2OC(Cl)=C1. The molecule has 0 atom stereocenters. The minimum atomic E-state index is 0.456. The molecule has 1 aliphatic heterocycles. The van der Waals surface area contributed by atoms with E-state index in [1.807, 2.05) is 25.2 Å². The van der Waals surface area contributed by atoms with E-state index in [0.717, 1.165) is 12.2 Å². The van der Waals surface area contributed by atoms with E-state index in [1.54, 1.807) is 0 Å². The van der Waals surface area contributed by atoms with Gasteiger partial charge in [0.2, 0.25) is 0 Å². The minimum Gasteiger partial charge on any atom is -0.445 e. The van der Waals surface area contributed by atoms with Crippen molar-refractivity contribution in [2.24, 2.45) is 0 Å². The standard InChI is InChI=1S/C10H9ClO/c1-7-6-10(11)12-9-5-3-2-4-8(7)9/h2-3,5-6H,4H2,1H3. The fourth-order valence-corrected chi connectivity index (χ4v) is 1.63. The third-order valence-corrected chi connectivity index (χ3v) is 2.20. The van der Waals surface area contributed by atoms with Crippen LogP contribution in [0.25, 0.3) is 0 Å². The summed E-state index contributed by atoms with van der Waals surface area (Å²) in [5.41, 5.74) is 2.43. The Hall–Kier alpha value is -0.950. The maximum absolute atomic E-state index is 5.77. The summed E-state index contributed by atoms with van der Waals surface area (Å²) < 4.78 is 5.34. The molecule has 0 bridgehead atoms. The molecule has 1 aliphatic carbocycles. The van der Waals surface area contributed by atoms with Crippen molar-refractivity contribution < 1.29 is 4.74 Å². The van der Waals surface area contributed by atoms with Crippen LogP contribution in [0.5, 0.6) is 0 Å². The van der Waals surface area contributed by atoms with Crippen LogP contribution in [0, 0.1) is 0 Å². The fraction of sp³-hybridized carbons (Fsp3) is 0.200. The molecule has 0 aromatic carbocycles. The van der Waals surface area contributed by atoms with Gasteiger partial charge < -0.3 is 4.74 Å². The molecule has 0 radical (unpaired) electrons. The zero-order chi connectivity index (χ0) is 8.55. The Morgan fingerprint density at radius 3 is 3.17 bits per heavy atom. The zero-order valence-electron chi connectivity index (χ0n) is 6.80. The summed E-state index contributed by atoms with van der Waals surface area (Å²) in [6.45, 7) is 2.05. The predicted molar refractivity (Wildman–Crippen MR) is 49.6 cm³/mol. The van der Waals surface area contributed by atoms with Gasteiger partial charge in [-0.15, -0.1) is 0 Å². The van der Waals surface area contributed by atoms with E-state index < -0.39 is 0 Å². The van der Waals surface area contributed by atoms with Crippen molar-refractivity contribution >= 4 is 11.6 Å². The maximum Gasteiger partial charge on any atom is 0.194 e. The van der Waals surface area contributed by atoms with Gasteiger partial charge in [-0.25, -0.2) is 0 Å². The summed E-state index contributed by atoms with van der Waals surface area (Å²) in [6.07, 6.45) is 8.84. The highest BCUT2D eigenvalue weighted by Crippen LogP contribution is 2.32. The van der Waals surface area contributed by atoms with E-state index in [0.29, 0.717) is 5.22 Å². The topological polar surface area (TPSA) is 9.23 Å². The van der Waals surface area contributed by atoms with Crippen LogP contribution in [0.2, 0.25) is 0 Å². The molecule has 0 saturated carbocycles. The van der Waals surface area contributed by atoms with Gasteiger partial charge in [-0.2, -0.15) is 0 Å². The molecule has 0 spiro atoms. The second kappa shape index (κ2) is 2.83. The van der Waals surface area contributed by atoms with Crippen molar-refractivity contribution in [1.29, 1.82) is 0 Å². The van der Waals surface area contributed by atoms with E-state index in [9.17, 15) is 0 Å². The molecule has 12 heavy (non-hydrogen) atoms. The molecular weight excluding hydrogens is 172 g/mol. The van der Waals surface area contributed by atoms with Gasteiger partial charge in [0, 0.05) is 5.57 Å². The van der Waals surface area contributed by atoms with Crippen LogP contribution >= 0.6 is 11.6 Å². The zero-order valence-corrected chi connectivity index (χ0v) is 7.56. The highest BCUT2D eigenvalue weighted by molar-refractivity contribution is 6.28. The van der Waals surface area contributed by atoms with Gasteiger partial charge in [0.05, 0.1) is 0 Å². The lowest BCUT2D eigenvalue weighted by molar-refractivity contribution is 0.336. The van der Waals surface area contributed by atoms with E-state index in [4.69, 9.17) is 16.3 Å². The number of hydrogen-bond donors (Lipinski definition) is 0. The molecular formula is C10H9ClO. The molecule has 1 heterocycles. The number of ether oxygens (including phenoxy) is 1. The number of rotatable bonds is 0. The molecule has 2 aliphatic rings. The number of allylic oxidation sites excluding steroid dienone is 6. The molecule has 2 rings (SSSR count). The third-order valence-electron chi connectivity index (χ3n) is 2.02. The molecule has 0 unspecified atom stereocenters. The molecule has 0 N–H and O–H groups in total. The van der Waals surface area contributed by atoms with Crippen molar-refractivity contribution in [2.45, 2.75) is 13.3 Å². The van der Waals surface area contributed by atoms with Crippen molar-refractivity contribution in [3.63, 3.8) is 0 Å². The van der Waals surface area contributed by atoms with E-state index in [-0.39, 0.29) is 0 Å². The van der Waals surface area contributed by atoms with E-state index in [2.05, 4.69) is 6.08 Å². The molecule has 0 fully saturated rings. The summed E-state index contributed by atoms with van der Waals surface area (Å²) in [5, 5.41) is 0.456. The first kappa shape index (κ1) is 7.69. The summed E-state index contributed by atoms with van der Waals surface area (Å²) in [7, 11) is 0. The third kappa shape index (κ3) is 1.21. The average molecular weight is 181 g/mol. The first-order valence-electron chi connectivity index (χ1n) is 3.89. The number of halogens is 1. The summed E-state index contributed by atoms with van der Waals surface area (Å²) in [6, 6.07) is 0. The average Bonchev–Trinajstić information content (AvgIpc) is 2.04. The smallest absolute Gasteiger partial charge is 0.194 e. The number of fused-ring (bicyclic) bond motifs is 1. The lowest BCUT2D eigenvalue weighted by Gasteiger charge is -2.20. The Balaban J connectivity index is 2.46. The first-order valence-corrected chi connectivity index (χ1v) is 4.27. The molecule has 0 saturated heterocycles. The Morgan fingerprint density at radius 1 is 1.50 bits per heavy atom. The first-order chi connectivity index (χ1) is 5.77. The lowest BCUT2D eigenvalue weighted by Crippen LogP contribution is -2.03. The van der Waals surface area contributed by atoms with Crippen LogP contribution in [0.4, 0.5) is 0 Å². The second-order valence-electron chi connectivity index (χ2n) is 2.88. The van der Waals surface area contributed by atoms with Crippen LogP contribution in [-0.2, 0) is 4.74 Å². The van der Waals surface area contributed by atoms with Crippen molar-refractivity contribution in [3.8, 4) is 0 Å². The summed E-state index contributed by atoms with van der Waals surface area (Å²) in [5.74, 6) is 0.891. The van der Waals surface area contributed by atoms with Gasteiger partial charge >= 0.3 is 0 Å². The van der Waals surface area contributed by atoms with E-state index >= 15 is 0 Å². The normalized spacial score (nSPS) is 21.2. The van der Waals surface area contributed by atoms with Gasteiger partial charge in [-0.05, 0) is 42.7 Å². The van der Waals surface area contributed by atoms with Crippen LogP contribution < -0.4 is 0 Å². The molecule has 2 heteroatoms. The largest absolute Gasteiger partial charge is 0.445 e. The van der Waals surface area contributed by atoms with Crippen LogP contribution in [0.1, 0.15) is 13.3 Å². The van der Waals surface area contributed by atoms with Crippen molar-refractivity contribution in [1.82, 2.24) is 0 Å². The van der Waals surface area contributed by atoms with Gasteiger partial charge in [-0.1, -0.05) is 12.2 Å². The fourth-order valence-electron chi connectivity index (χ4n) is 1.39. The van der Waals surface area contributed by atoms with E-state index in [1.165, 1.54) is 11.1 Å². The highest BCUT2D eigenvalue weighted by atomic mass is 35.5. The Bertz CT molecular complexity index is 332. The highest BCUT2D eigenvalue weighted by Gasteiger charge is 2.16. The maximum atomic E-state index is 5.77.